The third-order valence-corrected chi connectivity index (χ3v) is 7.16. The number of rotatable bonds is 12. The van der Waals surface area contributed by atoms with Gasteiger partial charge in [-0.05, 0) is 24.3 Å². The van der Waals surface area contributed by atoms with E-state index in [-0.39, 0.29) is 18.1 Å². The molecule has 1 heterocycles. The molecule has 0 bridgehead atoms. The summed E-state index contributed by atoms with van der Waals surface area (Å²) in [5.74, 6) is -2.99. The largest absolute Gasteiger partial charge is 0.504 e. The third-order valence-electron chi connectivity index (χ3n) is 5.42. The molecule has 6 N–H and O–H groups in total. The van der Waals surface area contributed by atoms with Crippen LogP contribution in [0.2, 0.25) is 5.02 Å². The zero-order valence-corrected chi connectivity index (χ0v) is 24.4. The van der Waals surface area contributed by atoms with E-state index in [9.17, 15) is 26.9 Å². The average molecular weight is 686 g/mol. The Labute approximate surface area is 260 Å². The molecule has 0 aliphatic heterocycles. The molecule has 0 spiro atoms. The van der Waals surface area contributed by atoms with E-state index in [0.29, 0.717) is 28.1 Å². The maximum Gasteiger partial charge on any atom is 0.313 e. The highest BCUT2D eigenvalue weighted by Crippen LogP contribution is 2.38. The molecule has 1 aromatic heterocycles. The van der Waals surface area contributed by atoms with Crippen molar-refractivity contribution in [3.8, 4) is 5.75 Å². The molecule has 0 aliphatic rings. The van der Waals surface area contributed by atoms with Gasteiger partial charge in [-0.25, -0.2) is 10.1 Å². The van der Waals surface area contributed by atoms with Crippen molar-refractivity contribution in [2.45, 2.75) is 16.4 Å². The van der Waals surface area contributed by atoms with Gasteiger partial charge in [0.2, 0.25) is 11.8 Å². The van der Waals surface area contributed by atoms with E-state index < -0.39 is 55.0 Å². The molecule has 16 nitrogen and oxygen atoms in total. The number of hydrazone groups is 1. The van der Waals surface area contributed by atoms with Gasteiger partial charge in [-0.1, -0.05) is 53.0 Å². The summed E-state index contributed by atoms with van der Waals surface area (Å²) in [7, 11) is -4.91. The summed E-state index contributed by atoms with van der Waals surface area (Å²) in [6, 6.07) is 14.2. The van der Waals surface area contributed by atoms with Crippen LogP contribution < -0.4 is 10.7 Å². The number of halogens is 3. The van der Waals surface area contributed by atoms with Gasteiger partial charge in [-0.3, -0.25) is 15.2 Å². The van der Waals surface area contributed by atoms with Gasteiger partial charge in [0.1, 0.15) is 17.3 Å². The van der Waals surface area contributed by atoms with Gasteiger partial charge in [0.15, 0.2) is 11.6 Å². The van der Waals surface area contributed by atoms with Crippen LogP contribution in [0.15, 0.2) is 85.8 Å². The van der Waals surface area contributed by atoms with Gasteiger partial charge < -0.3 is 10.4 Å². The standard InChI is InChI=1S/C24H18ClF2N7O9S2/c25-19-21(26)29-24(27)30-23(19)28-17-9-15(45(38,39)40)10-18(20(17)35)32-34-22(12-4-2-1-3-5-12)33-31-16-8-14(44-43-42-37)7-6-13(16)11-41-36/h1-10,32,35-37H,11H2,(H,28,29,30)(H,38,39,40). The molecule has 0 atom stereocenters. The van der Waals surface area contributed by atoms with Crippen LogP contribution in [0.3, 0.4) is 0 Å². The Hall–Kier alpha value is -4.38. The Balaban J connectivity index is 1.77. The van der Waals surface area contributed by atoms with Gasteiger partial charge in [-0.15, -0.1) is 14.6 Å². The number of nitrogens with zero attached hydrogens (tertiary/aromatic N) is 5. The van der Waals surface area contributed by atoms with Crippen LogP contribution in [0, 0.1) is 12.0 Å². The summed E-state index contributed by atoms with van der Waals surface area (Å²) in [6.45, 7) is -0.289. The second-order valence-electron chi connectivity index (χ2n) is 8.32. The molecule has 45 heavy (non-hydrogen) atoms. The summed E-state index contributed by atoms with van der Waals surface area (Å²) in [5, 5.41) is 45.7. The van der Waals surface area contributed by atoms with E-state index >= 15 is 0 Å². The summed E-state index contributed by atoms with van der Waals surface area (Å²) < 4.78 is 65.5. The topological polar surface area (TPSA) is 230 Å². The molecule has 0 saturated heterocycles. The third kappa shape index (κ3) is 8.85. The lowest BCUT2D eigenvalue weighted by molar-refractivity contribution is -0.432. The normalized spacial score (nSPS) is 12.1. The highest BCUT2D eigenvalue weighted by atomic mass is 35.5. The minimum Gasteiger partial charge on any atom is -0.504 e. The average Bonchev–Trinajstić information content (AvgIpc) is 3.01. The fourth-order valence-corrected chi connectivity index (χ4v) is 4.48. The maximum absolute atomic E-state index is 13.8. The molecular weight excluding hydrogens is 668 g/mol. The molecule has 4 rings (SSSR count). The fraction of sp³-hybridized carbons (Fsp3) is 0.0417. The number of azo groups is 1. The van der Waals surface area contributed by atoms with Gasteiger partial charge in [0, 0.05) is 16.0 Å². The van der Waals surface area contributed by atoms with Crippen molar-refractivity contribution in [2.24, 2.45) is 15.3 Å². The van der Waals surface area contributed by atoms with Crippen molar-refractivity contribution in [1.82, 2.24) is 9.97 Å². The molecule has 3 aromatic carbocycles. The molecule has 0 radical (unpaired) electrons. The lowest BCUT2D eigenvalue weighted by atomic mass is 10.2. The summed E-state index contributed by atoms with van der Waals surface area (Å²) in [4.78, 5) is 9.93. The maximum atomic E-state index is 13.8. The Kier molecular flexibility index (Phi) is 11.2. The Morgan fingerprint density at radius 1 is 1.04 bits per heavy atom. The number of hydrogen-bond donors (Lipinski definition) is 6. The number of amidine groups is 1. The number of phenolic OH excluding ortho intramolecular Hbond substituents is 1. The summed E-state index contributed by atoms with van der Waals surface area (Å²) in [6.07, 6.45) is -1.52. The van der Waals surface area contributed by atoms with Gasteiger partial charge in [0.25, 0.3) is 10.1 Å². The number of aromatic hydroxyl groups is 1. The minimum atomic E-state index is -4.91. The molecule has 4 aromatic rings. The van der Waals surface area contributed by atoms with E-state index in [0.717, 1.165) is 12.1 Å². The number of anilines is 3. The SMILES string of the molecule is O=S(=O)(O)c1cc(NN=C(N=Nc2cc(SOOO)ccc2COO)c2ccccc2)c(O)c(Nc2nc(F)nc(F)c2Cl)c1. The van der Waals surface area contributed by atoms with Crippen molar-refractivity contribution >= 4 is 62.5 Å². The molecule has 0 aliphatic carbocycles. The molecule has 0 fully saturated rings. The monoisotopic (exact) mass is 685 g/mol. The van der Waals surface area contributed by atoms with Crippen LogP contribution in [0.4, 0.5) is 31.7 Å². The molecule has 236 valence electrons. The minimum absolute atomic E-state index is 0.131. The van der Waals surface area contributed by atoms with Crippen LogP contribution in [-0.4, -0.2) is 44.4 Å². The first-order valence-corrected chi connectivity index (χ1v) is 14.4. The first-order valence-electron chi connectivity index (χ1n) is 11.8. The highest BCUT2D eigenvalue weighted by Gasteiger charge is 2.20. The molecule has 0 unspecified atom stereocenters. The Morgan fingerprint density at radius 2 is 1.78 bits per heavy atom. The van der Waals surface area contributed by atoms with Crippen LogP contribution in [-0.2, 0) is 31.0 Å². The molecule has 0 amide bonds. The predicted octanol–water partition coefficient (Wildman–Crippen LogP) is 6.08. The lowest BCUT2D eigenvalue weighted by Crippen LogP contribution is -2.06. The van der Waals surface area contributed by atoms with E-state index in [1.807, 2.05) is 0 Å². The predicted molar refractivity (Wildman–Crippen MR) is 154 cm³/mol. The van der Waals surface area contributed by atoms with Crippen molar-refractivity contribution < 1.29 is 51.6 Å². The van der Waals surface area contributed by atoms with E-state index in [1.165, 1.54) is 12.1 Å². The van der Waals surface area contributed by atoms with Crippen molar-refractivity contribution in [3.05, 3.63) is 88.8 Å². The zero-order chi connectivity index (χ0) is 32.6. The zero-order valence-electron chi connectivity index (χ0n) is 22.0. The van der Waals surface area contributed by atoms with Gasteiger partial charge in [-0.2, -0.15) is 32.3 Å². The van der Waals surface area contributed by atoms with E-state index in [1.54, 1.807) is 36.4 Å². The van der Waals surface area contributed by atoms with Crippen molar-refractivity contribution in [1.29, 1.82) is 0 Å². The summed E-state index contributed by atoms with van der Waals surface area (Å²) >= 11 is 6.40. The summed E-state index contributed by atoms with van der Waals surface area (Å²) in [5.41, 5.74) is 2.37. The van der Waals surface area contributed by atoms with Crippen LogP contribution >= 0.6 is 23.6 Å². The quantitative estimate of drug-likeness (QED) is 0.00948. The fourth-order valence-electron chi connectivity index (χ4n) is 3.42. The number of aromatic nitrogens is 2. The van der Waals surface area contributed by atoms with Gasteiger partial charge in [0.05, 0.1) is 28.3 Å². The second kappa shape index (κ2) is 15.1. The molecule has 21 heteroatoms. The Morgan fingerprint density at radius 3 is 2.47 bits per heavy atom. The van der Waals surface area contributed by atoms with E-state index in [4.69, 9.17) is 22.1 Å². The highest BCUT2D eigenvalue weighted by molar-refractivity contribution is 7.94. The number of hydrogen-bond acceptors (Lipinski definition) is 15. The van der Waals surface area contributed by atoms with Gasteiger partial charge >= 0.3 is 6.08 Å². The van der Waals surface area contributed by atoms with Crippen molar-refractivity contribution in [3.63, 3.8) is 0 Å². The number of nitrogens with one attached hydrogen (secondary N) is 2. The smallest absolute Gasteiger partial charge is 0.313 e. The first kappa shape index (κ1) is 33.5. The first-order chi connectivity index (χ1) is 21.5. The van der Waals surface area contributed by atoms with Crippen LogP contribution in [0.1, 0.15) is 11.1 Å². The van der Waals surface area contributed by atoms with Crippen LogP contribution in [0.25, 0.3) is 0 Å². The van der Waals surface area contributed by atoms with Crippen LogP contribution in [0.5, 0.6) is 5.75 Å². The molecule has 0 saturated carbocycles. The molecular formula is C24H18ClF2N7O9S2. The lowest BCUT2D eigenvalue weighted by Gasteiger charge is -2.14. The Bertz CT molecular complexity index is 1860. The van der Waals surface area contributed by atoms with E-state index in [2.05, 4.69) is 50.3 Å². The van der Waals surface area contributed by atoms with Crippen molar-refractivity contribution in [2.75, 3.05) is 10.7 Å². The number of benzene rings is 3. The number of phenols is 1. The second-order valence-corrected chi connectivity index (χ2v) is 10.9.